The van der Waals surface area contributed by atoms with Gasteiger partial charge >= 0.3 is 0 Å². The van der Waals surface area contributed by atoms with Gasteiger partial charge in [-0.25, -0.2) is 0 Å². The van der Waals surface area contributed by atoms with Crippen molar-refractivity contribution in [2.45, 2.75) is 19.8 Å². The molecule has 0 amide bonds. The quantitative estimate of drug-likeness (QED) is 0.669. The third-order valence-electron chi connectivity index (χ3n) is 4.27. The second kappa shape index (κ2) is 6.59. The van der Waals surface area contributed by atoms with Crippen molar-refractivity contribution in [2.75, 3.05) is 7.11 Å². The molecular formula is C20H18N2O2. The smallest absolute Gasteiger partial charge is 0.195 e. The van der Waals surface area contributed by atoms with Crippen LogP contribution in [0.25, 0.3) is 5.52 Å². The number of nitrogens with zero attached hydrogens (tertiary/aromatic N) is 2. The Hall–Kier alpha value is -3.06. The van der Waals surface area contributed by atoms with Gasteiger partial charge in [0.1, 0.15) is 5.75 Å². The number of carbonyl (C=O) groups excluding carboxylic acids is 1. The Kier molecular flexibility index (Phi) is 4.35. The molecule has 3 rings (SSSR count). The van der Waals surface area contributed by atoms with Crippen molar-refractivity contribution in [3.8, 4) is 11.8 Å². The molecule has 3 aromatic rings. The van der Waals surface area contributed by atoms with E-state index in [4.69, 9.17) is 10.00 Å². The second-order valence-electron chi connectivity index (χ2n) is 5.62. The first-order valence-electron chi connectivity index (χ1n) is 7.81. The van der Waals surface area contributed by atoms with E-state index in [2.05, 4.69) is 6.07 Å². The van der Waals surface area contributed by atoms with Crippen LogP contribution in [-0.4, -0.2) is 17.3 Å². The molecule has 0 N–H and O–H groups in total. The number of fused-ring (bicyclic) bond motifs is 1. The lowest BCUT2D eigenvalue weighted by molar-refractivity contribution is 0.104. The van der Waals surface area contributed by atoms with E-state index in [0.29, 0.717) is 24.0 Å². The average molecular weight is 318 g/mol. The predicted octanol–water partition coefficient (Wildman–Crippen LogP) is 3.94. The Balaban J connectivity index is 2.12. The molecule has 24 heavy (non-hydrogen) atoms. The topological polar surface area (TPSA) is 54.5 Å². The van der Waals surface area contributed by atoms with E-state index >= 15 is 0 Å². The fourth-order valence-electron chi connectivity index (χ4n) is 3.05. The molecule has 2 heterocycles. The lowest BCUT2D eigenvalue weighted by Crippen LogP contribution is -2.02. The first-order valence-corrected chi connectivity index (χ1v) is 7.81. The first-order chi connectivity index (χ1) is 11.7. The highest BCUT2D eigenvalue weighted by atomic mass is 16.5. The third kappa shape index (κ3) is 2.65. The van der Waals surface area contributed by atoms with E-state index in [0.717, 1.165) is 22.5 Å². The highest BCUT2D eigenvalue weighted by Gasteiger charge is 2.21. The second-order valence-corrected chi connectivity index (χ2v) is 5.62. The lowest BCUT2D eigenvalue weighted by Gasteiger charge is -2.04. The lowest BCUT2D eigenvalue weighted by atomic mass is 9.99. The van der Waals surface area contributed by atoms with Gasteiger partial charge in [-0.1, -0.05) is 6.07 Å². The Morgan fingerprint density at radius 3 is 2.62 bits per heavy atom. The minimum absolute atomic E-state index is 0.0120. The summed E-state index contributed by atoms with van der Waals surface area (Å²) >= 11 is 0. The summed E-state index contributed by atoms with van der Waals surface area (Å²) in [7, 11) is 1.60. The summed E-state index contributed by atoms with van der Waals surface area (Å²) in [5.74, 6) is 0.710. The van der Waals surface area contributed by atoms with Crippen molar-refractivity contribution >= 4 is 11.3 Å². The maximum Gasteiger partial charge on any atom is 0.195 e. The molecule has 4 heteroatoms. The van der Waals surface area contributed by atoms with Crippen LogP contribution in [0.3, 0.4) is 0 Å². The van der Waals surface area contributed by atoms with Gasteiger partial charge in [0.2, 0.25) is 0 Å². The highest BCUT2D eigenvalue weighted by molar-refractivity contribution is 6.14. The van der Waals surface area contributed by atoms with Gasteiger partial charge in [-0.3, -0.25) is 4.79 Å². The summed E-state index contributed by atoms with van der Waals surface area (Å²) in [5, 5.41) is 8.90. The van der Waals surface area contributed by atoms with Crippen molar-refractivity contribution in [1.29, 1.82) is 5.26 Å². The van der Waals surface area contributed by atoms with Gasteiger partial charge in [0.15, 0.2) is 5.78 Å². The molecule has 0 bridgehead atoms. The van der Waals surface area contributed by atoms with Crippen LogP contribution in [0, 0.1) is 18.3 Å². The summed E-state index contributed by atoms with van der Waals surface area (Å²) in [6, 6.07) is 15.1. The molecule has 0 fully saturated rings. The minimum atomic E-state index is -0.0120. The maximum atomic E-state index is 13.0. The summed E-state index contributed by atoms with van der Waals surface area (Å²) in [5.41, 5.74) is 4.17. The Morgan fingerprint density at radius 1 is 1.21 bits per heavy atom. The van der Waals surface area contributed by atoms with Gasteiger partial charge in [0, 0.05) is 30.3 Å². The maximum absolute atomic E-state index is 13.0. The number of nitriles is 1. The highest BCUT2D eigenvalue weighted by Crippen LogP contribution is 2.27. The summed E-state index contributed by atoms with van der Waals surface area (Å²) < 4.78 is 7.17. The van der Waals surface area contributed by atoms with Crippen LogP contribution in [0.1, 0.15) is 33.6 Å². The predicted molar refractivity (Wildman–Crippen MR) is 92.5 cm³/mol. The van der Waals surface area contributed by atoms with Crippen LogP contribution in [0.15, 0.2) is 48.7 Å². The summed E-state index contributed by atoms with van der Waals surface area (Å²) in [6.45, 7) is 1.95. The number of ketones is 1. The van der Waals surface area contributed by atoms with Crippen LogP contribution in [-0.2, 0) is 6.42 Å². The number of aryl methyl sites for hydroxylation is 1. The molecule has 0 radical (unpaired) electrons. The number of ether oxygens (including phenoxy) is 1. The van der Waals surface area contributed by atoms with Gasteiger partial charge in [0.05, 0.1) is 24.3 Å². The number of methoxy groups -OCH3 is 1. The Bertz CT molecular complexity index is 931. The number of carbonyl (C=O) groups is 1. The van der Waals surface area contributed by atoms with E-state index in [9.17, 15) is 4.79 Å². The van der Waals surface area contributed by atoms with Crippen molar-refractivity contribution < 1.29 is 9.53 Å². The Morgan fingerprint density at radius 2 is 1.96 bits per heavy atom. The summed E-state index contributed by atoms with van der Waals surface area (Å²) in [6.07, 6.45) is 3.00. The number of pyridine rings is 1. The third-order valence-corrected chi connectivity index (χ3v) is 4.27. The van der Waals surface area contributed by atoms with Gasteiger partial charge in [-0.15, -0.1) is 0 Å². The van der Waals surface area contributed by atoms with Crippen LogP contribution in [0.4, 0.5) is 0 Å². The van der Waals surface area contributed by atoms with E-state index in [-0.39, 0.29) is 5.78 Å². The largest absolute Gasteiger partial charge is 0.497 e. The molecule has 0 unspecified atom stereocenters. The van der Waals surface area contributed by atoms with Crippen molar-refractivity contribution in [1.82, 2.24) is 4.40 Å². The van der Waals surface area contributed by atoms with Crippen LogP contribution in [0.5, 0.6) is 5.75 Å². The van der Waals surface area contributed by atoms with E-state index in [1.165, 1.54) is 0 Å². The fourth-order valence-corrected chi connectivity index (χ4v) is 3.05. The van der Waals surface area contributed by atoms with Crippen molar-refractivity contribution in [2.24, 2.45) is 0 Å². The van der Waals surface area contributed by atoms with Crippen molar-refractivity contribution in [3.63, 3.8) is 0 Å². The van der Waals surface area contributed by atoms with Gasteiger partial charge in [-0.2, -0.15) is 5.26 Å². The molecule has 0 aliphatic carbocycles. The zero-order valence-corrected chi connectivity index (χ0v) is 13.7. The Labute approximate surface area is 140 Å². The monoisotopic (exact) mass is 318 g/mol. The zero-order valence-electron chi connectivity index (χ0n) is 13.7. The molecule has 2 aromatic heterocycles. The van der Waals surface area contributed by atoms with Crippen LogP contribution in [0.2, 0.25) is 0 Å². The van der Waals surface area contributed by atoms with Gasteiger partial charge < -0.3 is 9.14 Å². The van der Waals surface area contributed by atoms with E-state index < -0.39 is 0 Å². The SMILES string of the molecule is COc1ccc(C(=O)c2c(C)c(CCC#N)n3ccccc23)cc1. The average Bonchev–Trinajstić information content (AvgIpc) is 2.91. The standard InChI is InChI=1S/C20H18N2O2/c1-14-17(7-5-12-21)22-13-4-3-6-18(22)19(14)20(23)15-8-10-16(24-2)11-9-15/h3-4,6,8-11,13H,5,7H2,1-2H3. The molecule has 0 spiro atoms. The molecule has 1 aromatic carbocycles. The van der Waals surface area contributed by atoms with Crippen LogP contribution < -0.4 is 4.74 Å². The molecule has 0 saturated carbocycles. The molecule has 0 saturated heterocycles. The van der Waals surface area contributed by atoms with E-state index in [1.54, 1.807) is 31.4 Å². The van der Waals surface area contributed by atoms with Gasteiger partial charge in [-0.05, 0) is 48.9 Å². The van der Waals surface area contributed by atoms with Crippen molar-refractivity contribution in [3.05, 3.63) is 71.0 Å². The number of aromatic nitrogens is 1. The molecular weight excluding hydrogens is 300 g/mol. The fraction of sp³-hybridized carbons (Fsp3) is 0.200. The number of rotatable bonds is 5. The zero-order chi connectivity index (χ0) is 17.1. The summed E-state index contributed by atoms with van der Waals surface area (Å²) in [4.78, 5) is 13.0. The molecule has 0 aliphatic heterocycles. The van der Waals surface area contributed by atoms with Crippen LogP contribution >= 0.6 is 0 Å². The molecule has 4 nitrogen and oxygen atoms in total. The normalized spacial score (nSPS) is 10.5. The molecule has 0 aliphatic rings. The number of benzene rings is 1. The number of hydrogen-bond donors (Lipinski definition) is 0. The number of hydrogen-bond acceptors (Lipinski definition) is 3. The minimum Gasteiger partial charge on any atom is -0.497 e. The molecule has 120 valence electrons. The van der Waals surface area contributed by atoms with E-state index in [1.807, 2.05) is 35.7 Å². The molecule has 0 atom stereocenters. The van der Waals surface area contributed by atoms with Gasteiger partial charge in [0.25, 0.3) is 0 Å². The first kappa shape index (κ1) is 15.8.